The van der Waals surface area contributed by atoms with Crippen LogP contribution in [0.15, 0.2) is 34.8 Å². The zero-order valence-corrected chi connectivity index (χ0v) is 13.8. The average molecular weight is 330 g/mol. The number of fused-ring (bicyclic) bond motifs is 1. The fraction of sp³-hybridized carbons (Fsp3) is 0.333. The number of nitrogens with one attached hydrogen (secondary N) is 1. The molecule has 0 aliphatic heterocycles. The summed E-state index contributed by atoms with van der Waals surface area (Å²) < 4.78 is 1.18. The molecule has 104 valence electrons. The van der Waals surface area contributed by atoms with Gasteiger partial charge >= 0.3 is 0 Å². The van der Waals surface area contributed by atoms with Crippen LogP contribution in [0.3, 0.4) is 0 Å². The number of hydrogen-bond acceptors (Lipinski definition) is 1. The number of anilines is 1. The second-order valence-corrected chi connectivity index (χ2v) is 6.77. The first-order valence-electron chi connectivity index (χ1n) is 7.17. The van der Waals surface area contributed by atoms with Crippen molar-refractivity contribution in [3.63, 3.8) is 0 Å². The highest BCUT2D eigenvalue weighted by Crippen LogP contribution is 2.36. The Bertz CT molecular complexity index is 637. The van der Waals surface area contributed by atoms with Gasteiger partial charge in [-0.3, -0.25) is 0 Å². The molecular weight excluding hydrogens is 310 g/mol. The topological polar surface area (TPSA) is 12.0 Å². The molecule has 1 atom stereocenters. The van der Waals surface area contributed by atoms with Gasteiger partial charge in [-0.2, -0.15) is 0 Å². The van der Waals surface area contributed by atoms with Crippen LogP contribution in [0.2, 0.25) is 0 Å². The van der Waals surface area contributed by atoms with Crippen LogP contribution in [0.25, 0.3) is 0 Å². The number of benzene rings is 2. The normalized spacial score (nSPS) is 17.1. The zero-order chi connectivity index (χ0) is 14.3. The lowest BCUT2D eigenvalue weighted by Crippen LogP contribution is -2.09. The number of hydrogen-bond donors (Lipinski definition) is 1. The third kappa shape index (κ3) is 2.49. The van der Waals surface area contributed by atoms with E-state index in [1.54, 1.807) is 0 Å². The van der Waals surface area contributed by atoms with Crippen LogP contribution in [0.4, 0.5) is 5.69 Å². The summed E-state index contributed by atoms with van der Waals surface area (Å²) in [6, 6.07) is 11.6. The van der Waals surface area contributed by atoms with E-state index in [2.05, 4.69) is 72.3 Å². The van der Waals surface area contributed by atoms with Crippen molar-refractivity contribution in [2.75, 3.05) is 5.32 Å². The molecule has 1 unspecified atom stereocenters. The Morgan fingerprint density at radius 1 is 1.05 bits per heavy atom. The molecule has 0 aromatic heterocycles. The highest BCUT2D eigenvalue weighted by atomic mass is 79.9. The first-order chi connectivity index (χ1) is 9.54. The second kappa shape index (κ2) is 5.25. The predicted octanol–water partition coefficient (Wildman–Crippen LogP) is 5.47. The standard InChI is InChI=1S/C18H20BrN/c1-11-8-12(2)18(13(3)9-11)20-17-7-4-14-10-15(19)5-6-16(14)17/h5-6,8-10,17,20H,4,7H2,1-3H3. The lowest BCUT2D eigenvalue weighted by atomic mass is 10.0. The first kappa shape index (κ1) is 13.7. The van der Waals surface area contributed by atoms with Crippen molar-refractivity contribution in [2.24, 2.45) is 0 Å². The zero-order valence-electron chi connectivity index (χ0n) is 12.3. The van der Waals surface area contributed by atoms with E-state index >= 15 is 0 Å². The van der Waals surface area contributed by atoms with Gasteiger partial charge in [-0.15, -0.1) is 0 Å². The molecule has 3 rings (SSSR count). The minimum atomic E-state index is 0.443. The Morgan fingerprint density at radius 2 is 1.75 bits per heavy atom. The maximum atomic E-state index is 3.76. The predicted molar refractivity (Wildman–Crippen MR) is 89.5 cm³/mol. The van der Waals surface area contributed by atoms with Gasteiger partial charge in [0.2, 0.25) is 0 Å². The van der Waals surface area contributed by atoms with Gasteiger partial charge in [0.1, 0.15) is 0 Å². The van der Waals surface area contributed by atoms with Crippen LogP contribution in [0, 0.1) is 20.8 Å². The van der Waals surface area contributed by atoms with Gasteiger partial charge in [0.05, 0.1) is 6.04 Å². The molecule has 0 bridgehead atoms. The van der Waals surface area contributed by atoms with Crippen LogP contribution in [0.5, 0.6) is 0 Å². The Labute approximate surface area is 129 Å². The fourth-order valence-corrected chi connectivity index (χ4v) is 3.73. The third-order valence-corrected chi connectivity index (χ3v) is 4.67. The molecule has 1 N–H and O–H groups in total. The molecular formula is C18H20BrN. The van der Waals surface area contributed by atoms with Crippen LogP contribution in [-0.4, -0.2) is 0 Å². The SMILES string of the molecule is Cc1cc(C)c(NC2CCc3cc(Br)ccc32)c(C)c1. The molecule has 2 aromatic rings. The van der Waals surface area contributed by atoms with E-state index in [4.69, 9.17) is 0 Å². The lowest BCUT2D eigenvalue weighted by molar-refractivity contribution is 0.760. The Kier molecular flexibility index (Phi) is 3.59. The van der Waals surface area contributed by atoms with Gasteiger partial charge in [-0.05, 0) is 68.0 Å². The molecule has 1 aliphatic rings. The smallest absolute Gasteiger partial charge is 0.0519 e. The Hall–Kier alpha value is -1.28. The molecule has 0 spiro atoms. The number of halogens is 1. The van der Waals surface area contributed by atoms with Crippen LogP contribution < -0.4 is 5.32 Å². The van der Waals surface area contributed by atoms with Gasteiger partial charge in [-0.1, -0.05) is 39.7 Å². The maximum Gasteiger partial charge on any atom is 0.0519 e. The lowest BCUT2D eigenvalue weighted by Gasteiger charge is -2.20. The molecule has 2 aromatic carbocycles. The summed E-state index contributed by atoms with van der Waals surface area (Å²) >= 11 is 3.56. The van der Waals surface area contributed by atoms with Crippen molar-refractivity contribution in [3.8, 4) is 0 Å². The van der Waals surface area contributed by atoms with E-state index in [1.165, 1.54) is 44.4 Å². The molecule has 0 radical (unpaired) electrons. The monoisotopic (exact) mass is 329 g/mol. The summed E-state index contributed by atoms with van der Waals surface area (Å²) in [5.41, 5.74) is 8.24. The van der Waals surface area contributed by atoms with Crippen molar-refractivity contribution >= 4 is 21.6 Å². The highest BCUT2D eigenvalue weighted by molar-refractivity contribution is 9.10. The molecule has 2 heteroatoms. The van der Waals surface area contributed by atoms with E-state index in [0.717, 1.165) is 6.42 Å². The fourth-order valence-electron chi connectivity index (χ4n) is 3.32. The van der Waals surface area contributed by atoms with Gasteiger partial charge in [0.25, 0.3) is 0 Å². The van der Waals surface area contributed by atoms with Crippen molar-refractivity contribution < 1.29 is 0 Å². The minimum Gasteiger partial charge on any atom is -0.378 e. The highest BCUT2D eigenvalue weighted by Gasteiger charge is 2.23. The third-order valence-electron chi connectivity index (χ3n) is 4.18. The van der Waals surface area contributed by atoms with Gasteiger partial charge in [0, 0.05) is 10.2 Å². The van der Waals surface area contributed by atoms with Crippen molar-refractivity contribution in [3.05, 3.63) is 62.6 Å². The second-order valence-electron chi connectivity index (χ2n) is 5.85. The maximum absolute atomic E-state index is 3.76. The van der Waals surface area contributed by atoms with Gasteiger partial charge in [0.15, 0.2) is 0 Å². The largest absolute Gasteiger partial charge is 0.378 e. The molecule has 1 nitrogen and oxygen atoms in total. The molecule has 20 heavy (non-hydrogen) atoms. The van der Waals surface area contributed by atoms with Crippen LogP contribution in [0.1, 0.15) is 40.3 Å². The van der Waals surface area contributed by atoms with E-state index < -0.39 is 0 Å². The van der Waals surface area contributed by atoms with Crippen LogP contribution in [-0.2, 0) is 6.42 Å². The minimum absolute atomic E-state index is 0.443. The Balaban J connectivity index is 1.91. The summed E-state index contributed by atoms with van der Waals surface area (Å²) in [7, 11) is 0. The molecule has 0 heterocycles. The van der Waals surface area contributed by atoms with E-state index in [0.29, 0.717) is 6.04 Å². The molecule has 0 saturated heterocycles. The summed E-state index contributed by atoms with van der Waals surface area (Å²) in [4.78, 5) is 0. The average Bonchev–Trinajstić information content (AvgIpc) is 2.76. The summed E-state index contributed by atoms with van der Waals surface area (Å²) in [6.07, 6.45) is 2.34. The number of rotatable bonds is 2. The summed E-state index contributed by atoms with van der Waals surface area (Å²) in [5, 5.41) is 3.76. The van der Waals surface area contributed by atoms with Crippen molar-refractivity contribution in [1.29, 1.82) is 0 Å². The van der Waals surface area contributed by atoms with Crippen molar-refractivity contribution in [1.82, 2.24) is 0 Å². The van der Waals surface area contributed by atoms with Crippen LogP contribution >= 0.6 is 15.9 Å². The van der Waals surface area contributed by atoms with E-state index in [9.17, 15) is 0 Å². The molecule has 0 saturated carbocycles. The van der Waals surface area contributed by atoms with Gasteiger partial charge in [-0.25, -0.2) is 0 Å². The molecule has 1 aliphatic carbocycles. The van der Waals surface area contributed by atoms with E-state index in [1.807, 2.05) is 0 Å². The molecule has 0 amide bonds. The number of aryl methyl sites for hydroxylation is 4. The first-order valence-corrected chi connectivity index (χ1v) is 7.96. The van der Waals surface area contributed by atoms with E-state index in [-0.39, 0.29) is 0 Å². The van der Waals surface area contributed by atoms with Crippen molar-refractivity contribution in [2.45, 2.75) is 39.7 Å². The van der Waals surface area contributed by atoms with Gasteiger partial charge < -0.3 is 5.32 Å². The molecule has 0 fully saturated rings. The summed E-state index contributed by atoms with van der Waals surface area (Å²) in [6.45, 7) is 6.55. The quantitative estimate of drug-likeness (QED) is 0.769. The Morgan fingerprint density at radius 3 is 2.45 bits per heavy atom. The summed E-state index contributed by atoms with van der Waals surface area (Å²) in [5.74, 6) is 0.